The van der Waals surface area contributed by atoms with Crippen LogP contribution >= 0.6 is 0 Å². The van der Waals surface area contributed by atoms with Gasteiger partial charge >= 0.3 is 0 Å². The molecule has 0 aliphatic rings. The van der Waals surface area contributed by atoms with Crippen LogP contribution in [0.3, 0.4) is 0 Å². The normalized spacial score (nSPS) is 15.5. The maximum Gasteiger partial charge on any atom is 0.0770 e. The Bertz CT molecular complexity index is 141. The van der Waals surface area contributed by atoms with Crippen molar-refractivity contribution < 1.29 is 14.6 Å². The SMILES string of the molecule is CCC(C)COCC(C)CC.CCC(O)COC. The molecule has 0 fully saturated rings. The summed E-state index contributed by atoms with van der Waals surface area (Å²) >= 11 is 0. The Morgan fingerprint density at radius 1 is 0.833 bits per heavy atom. The number of ether oxygens (including phenoxy) is 2. The van der Waals surface area contributed by atoms with Crippen molar-refractivity contribution in [1.82, 2.24) is 0 Å². The van der Waals surface area contributed by atoms with E-state index in [0.717, 1.165) is 31.5 Å². The molecule has 3 heteroatoms. The first-order valence-corrected chi connectivity index (χ1v) is 7.26. The fraction of sp³-hybridized carbons (Fsp3) is 1.00. The van der Waals surface area contributed by atoms with E-state index in [1.807, 2.05) is 6.92 Å². The third kappa shape index (κ3) is 15.9. The Hall–Kier alpha value is -0.120. The second-order valence-electron chi connectivity index (χ2n) is 5.08. The van der Waals surface area contributed by atoms with Crippen LogP contribution in [0.2, 0.25) is 0 Å². The number of rotatable bonds is 9. The van der Waals surface area contributed by atoms with Gasteiger partial charge in [0.1, 0.15) is 0 Å². The summed E-state index contributed by atoms with van der Waals surface area (Å²) in [5, 5.41) is 8.73. The molecule has 0 heterocycles. The predicted molar refractivity (Wildman–Crippen MR) is 77.9 cm³/mol. The molecular weight excluding hydrogens is 228 g/mol. The van der Waals surface area contributed by atoms with Gasteiger partial charge in [0.25, 0.3) is 0 Å². The second-order valence-corrected chi connectivity index (χ2v) is 5.08. The van der Waals surface area contributed by atoms with Gasteiger partial charge in [-0.25, -0.2) is 0 Å². The fourth-order valence-corrected chi connectivity index (χ4v) is 1.02. The highest BCUT2D eigenvalue weighted by Crippen LogP contribution is 2.04. The topological polar surface area (TPSA) is 38.7 Å². The summed E-state index contributed by atoms with van der Waals surface area (Å²) in [5.74, 6) is 1.44. The maximum atomic E-state index is 8.73. The fourth-order valence-electron chi connectivity index (χ4n) is 1.02. The molecule has 3 nitrogen and oxygen atoms in total. The summed E-state index contributed by atoms with van der Waals surface area (Å²) in [6, 6.07) is 0. The molecule has 0 rings (SSSR count). The van der Waals surface area contributed by atoms with Crippen LogP contribution in [0.4, 0.5) is 0 Å². The van der Waals surface area contributed by atoms with Crippen LogP contribution in [-0.4, -0.2) is 38.1 Å². The minimum absolute atomic E-state index is 0.273. The van der Waals surface area contributed by atoms with E-state index in [1.165, 1.54) is 12.8 Å². The van der Waals surface area contributed by atoms with Gasteiger partial charge < -0.3 is 14.6 Å². The predicted octanol–water partition coefficient (Wildman–Crippen LogP) is 3.50. The number of aliphatic hydroxyl groups excluding tert-OH is 1. The van der Waals surface area contributed by atoms with Crippen molar-refractivity contribution in [3.63, 3.8) is 0 Å². The molecule has 0 saturated heterocycles. The van der Waals surface area contributed by atoms with E-state index in [-0.39, 0.29) is 6.10 Å². The van der Waals surface area contributed by atoms with Crippen molar-refractivity contribution in [3.8, 4) is 0 Å². The van der Waals surface area contributed by atoms with Crippen LogP contribution in [0.5, 0.6) is 0 Å². The lowest BCUT2D eigenvalue weighted by Gasteiger charge is -2.12. The Morgan fingerprint density at radius 2 is 1.28 bits per heavy atom. The number of hydrogen-bond acceptors (Lipinski definition) is 3. The number of hydrogen-bond donors (Lipinski definition) is 1. The molecule has 18 heavy (non-hydrogen) atoms. The van der Waals surface area contributed by atoms with Gasteiger partial charge in [-0.2, -0.15) is 0 Å². The van der Waals surface area contributed by atoms with Crippen LogP contribution < -0.4 is 0 Å². The first-order valence-electron chi connectivity index (χ1n) is 7.26. The molecule has 0 aromatic rings. The zero-order valence-electron chi connectivity index (χ0n) is 13.2. The highest BCUT2D eigenvalue weighted by atomic mass is 16.5. The summed E-state index contributed by atoms with van der Waals surface area (Å²) < 4.78 is 10.2. The van der Waals surface area contributed by atoms with Gasteiger partial charge in [-0.15, -0.1) is 0 Å². The molecule has 1 N–H and O–H groups in total. The molecule has 0 radical (unpaired) electrons. The van der Waals surface area contributed by atoms with E-state index >= 15 is 0 Å². The van der Waals surface area contributed by atoms with Crippen LogP contribution in [0.15, 0.2) is 0 Å². The molecule has 0 aliphatic heterocycles. The lowest BCUT2D eigenvalue weighted by atomic mass is 10.1. The van der Waals surface area contributed by atoms with Crippen LogP contribution in [0.1, 0.15) is 53.9 Å². The molecule has 0 aromatic carbocycles. The molecule has 112 valence electrons. The standard InChI is InChI=1S/C10H22O.C5H12O2/c1-5-9(3)7-11-8-10(4)6-2;1-3-5(6)4-7-2/h9-10H,5-8H2,1-4H3;5-6H,3-4H2,1-2H3. The summed E-state index contributed by atoms with van der Waals surface area (Å²) in [4.78, 5) is 0. The average molecular weight is 262 g/mol. The molecule has 0 amide bonds. The monoisotopic (exact) mass is 262 g/mol. The van der Waals surface area contributed by atoms with Crippen molar-refractivity contribution >= 4 is 0 Å². The molecule has 3 unspecified atom stereocenters. The summed E-state index contributed by atoms with van der Waals surface area (Å²) in [6.45, 7) is 13.1. The Labute approximate surface area is 114 Å². The van der Waals surface area contributed by atoms with E-state index in [0.29, 0.717) is 6.61 Å². The van der Waals surface area contributed by atoms with Gasteiger partial charge in [-0.3, -0.25) is 0 Å². The third-order valence-electron chi connectivity index (χ3n) is 3.03. The van der Waals surface area contributed by atoms with E-state index in [2.05, 4.69) is 32.4 Å². The summed E-state index contributed by atoms with van der Waals surface area (Å²) in [7, 11) is 1.58. The van der Waals surface area contributed by atoms with E-state index in [9.17, 15) is 0 Å². The molecule has 3 atom stereocenters. The van der Waals surface area contributed by atoms with Crippen molar-refractivity contribution in [3.05, 3.63) is 0 Å². The Morgan fingerprint density at radius 3 is 1.50 bits per heavy atom. The van der Waals surface area contributed by atoms with E-state index in [1.54, 1.807) is 7.11 Å². The Kier molecular flexibility index (Phi) is 16.8. The van der Waals surface area contributed by atoms with Gasteiger partial charge in [0, 0.05) is 20.3 Å². The zero-order valence-corrected chi connectivity index (χ0v) is 13.2. The lowest BCUT2D eigenvalue weighted by molar-refractivity contribution is 0.0625. The molecule has 0 bridgehead atoms. The van der Waals surface area contributed by atoms with Crippen LogP contribution in [-0.2, 0) is 9.47 Å². The van der Waals surface area contributed by atoms with E-state index in [4.69, 9.17) is 9.84 Å². The Balaban J connectivity index is 0. The van der Waals surface area contributed by atoms with Gasteiger partial charge in [-0.05, 0) is 18.3 Å². The van der Waals surface area contributed by atoms with Gasteiger partial charge in [0.2, 0.25) is 0 Å². The number of methoxy groups -OCH3 is 1. The van der Waals surface area contributed by atoms with Crippen molar-refractivity contribution in [2.45, 2.75) is 60.0 Å². The second kappa shape index (κ2) is 14.9. The first kappa shape index (κ1) is 20.2. The quantitative estimate of drug-likeness (QED) is 0.691. The molecular formula is C15H34O3. The van der Waals surface area contributed by atoms with E-state index < -0.39 is 0 Å². The largest absolute Gasteiger partial charge is 0.391 e. The minimum atomic E-state index is -0.273. The zero-order chi connectivity index (χ0) is 14.4. The van der Waals surface area contributed by atoms with Crippen LogP contribution in [0, 0.1) is 11.8 Å². The maximum absolute atomic E-state index is 8.73. The van der Waals surface area contributed by atoms with Crippen molar-refractivity contribution in [1.29, 1.82) is 0 Å². The third-order valence-corrected chi connectivity index (χ3v) is 3.03. The highest BCUT2D eigenvalue weighted by Gasteiger charge is 2.01. The molecule has 0 saturated carbocycles. The van der Waals surface area contributed by atoms with Crippen molar-refractivity contribution in [2.75, 3.05) is 26.9 Å². The minimum Gasteiger partial charge on any atom is -0.391 e. The van der Waals surface area contributed by atoms with Crippen LogP contribution in [0.25, 0.3) is 0 Å². The average Bonchev–Trinajstić information content (AvgIpc) is 2.39. The summed E-state index contributed by atoms with van der Waals surface area (Å²) in [6.07, 6.45) is 2.94. The van der Waals surface area contributed by atoms with Crippen molar-refractivity contribution in [2.24, 2.45) is 11.8 Å². The van der Waals surface area contributed by atoms with Gasteiger partial charge in [0.15, 0.2) is 0 Å². The summed E-state index contributed by atoms with van der Waals surface area (Å²) in [5.41, 5.74) is 0. The smallest absolute Gasteiger partial charge is 0.0770 e. The van der Waals surface area contributed by atoms with Gasteiger partial charge in [0.05, 0.1) is 12.7 Å². The molecule has 0 aliphatic carbocycles. The molecule has 0 spiro atoms. The lowest BCUT2D eigenvalue weighted by Crippen LogP contribution is -2.11. The van der Waals surface area contributed by atoms with Gasteiger partial charge in [-0.1, -0.05) is 47.5 Å². The molecule has 0 aromatic heterocycles. The number of aliphatic hydroxyl groups is 1. The first-order chi connectivity index (χ1) is 8.51. The highest BCUT2D eigenvalue weighted by molar-refractivity contribution is 4.49.